The standard InChI is InChI=1S/C45H59N7O6S/c1-28-14-19-35(46-25-28)32-17-15-31(16-18-32)23-36(49-40(54)38(44(3,4)5)50-42(56)57)37(53)24-33(22-30-12-10-9-11-13-30)48-41(55)39(45(6,7)8)52-21-20-51(43(52)58)26-34-27-59-29(2)47-34/h9-19,25,27,33,36-39,50,53H,20-24,26H2,1-8H3,(H,48,55)(H,49,54)(H,56,57)/t33-,36-,37+,38+,39+/m0/s1. The maximum atomic E-state index is 14.5. The molecule has 5 amide bonds. The van der Waals surface area contributed by atoms with Crippen LogP contribution in [-0.2, 0) is 29.0 Å². The number of aromatic nitrogens is 2. The van der Waals surface area contributed by atoms with Gasteiger partial charge in [-0.3, -0.25) is 14.6 Å². The Morgan fingerprint density at radius 1 is 0.831 bits per heavy atom. The number of carboxylic acid groups (broad SMARTS) is 1. The lowest BCUT2D eigenvalue weighted by molar-refractivity contribution is -0.130. The van der Waals surface area contributed by atoms with Gasteiger partial charge in [0.25, 0.3) is 0 Å². The van der Waals surface area contributed by atoms with Gasteiger partial charge in [0.05, 0.1) is 35.1 Å². The monoisotopic (exact) mass is 825 g/mol. The number of aryl methyl sites for hydroxylation is 2. The first-order valence-corrected chi connectivity index (χ1v) is 21.0. The van der Waals surface area contributed by atoms with Gasteiger partial charge in [-0.1, -0.05) is 102 Å². The maximum absolute atomic E-state index is 14.5. The Morgan fingerprint density at radius 2 is 1.51 bits per heavy atom. The van der Waals surface area contributed by atoms with Gasteiger partial charge in [0.1, 0.15) is 12.1 Å². The van der Waals surface area contributed by atoms with Crippen LogP contribution in [0.15, 0.2) is 78.3 Å². The molecule has 4 aromatic rings. The number of amides is 5. The quantitative estimate of drug-likeness (QED) is 0.0867. The molecular formula is C45H59N7O6S. The highest BCUT2D eigenvalue weighted by molar-refractivity contribution is 7.09. The molecule has 0 bridgehead atoms. The van der Waals surface area contributed by atoms with Crippen molar-refractivity contribution >= 4 is 35.3 Å². The molecule has 1 fully saturated rings. The number of nitrogens with zero attached hydrogens (tertiary/aromatic N) is 4. The van der Waals surface area contributed by atoms with Crippen molar-refractivity contribution in [1.29, 1.82) is 0 Å². The van der Waals surface area contributed by atoms with Crippen molar-refractivity contribution in [3.05, 3.63) is 106 Å². The SMILES string of the molecule is Cc1ccc(-c2ccc(C[C@H](NC(=O)[C@@H](NC(=O)O)C(C)(C)C)[C@H](O)C[C@H](Cc3ccccc3)NC(=O)[C@@H](N3CCN(Cc4csc(C)n4)C3=O)C(C)(C)C)cc2)nc1. The molecule has 0 saturated carbocycles. The molecule has 2 aromatic heterocycles. The number of carbonyl (C=O) groups is 4. The average molecular weight is 826 g/mol. The highest BCUT2D eigenvalue weighted by Crippen LogP contribution is 2.30. The Morgan fingerprint density at radius 3 is 2.08 bits per heavy atom. The van der Waals surface area contributed by atoms with E-state index in [9.17, 15) is 29.4 Å². The van der Waals surface area contributed by atoms with E-state index in [1.54, 1.807) is 36.8 Å². The number of urea groups is 1. The van der Waals surface area contributed by atoms with Crippen molar-refractivity contribution in [2.75, 3.05) is 13.1 Å². The number of pyridine rings is 1. The molecule has 316 valence electrons. The van der Waals surface area contributed by atoms with Crippen molar-refractivity contribution in [1.82, 2.24) is 35.7 Å². The minimum atomic E-state index is -1.34. The minimum Gasteiger partial charge on any atom is -0.465 e. The number of hydrogen-bond donors (Lipinski definition) is 5. The molecule has 0 radical (unpaired) electrons. The molecule has 0 spiro atoms. The molecule has 0 aliphatic carbocycles. The molecule has 5 atom stereocenters. The van der Waals surface area contributed by atoms with E-state index in [-0.39, 0.29) is 24.8 Å². The first-order chi connectivity index (χ1) is 27.8. The molecule has 5 N–H and O–H groups in total. The Kier molecular flexibility index (Phi) is 14.5. The van der Waals surface area contributed by atoms with E-state index in [1.807, 2.05) is 107 Å². The van der Waals surface area contributed by atoms with Gasteiger partial charge in [0.2, 0.25) is 11.8 Å². The number of benzene rings is 2. The second-order valence-corrected chi connectivity index (χ2v) is 18.8. The Balaban J connectivity index is 1.41. The lowest BCUT2D eigenvalue weighted by Gasteiger charge is -2.38. The first-order valence-electron chi connectivity index (χ1n) is 20.1. The number of rotatable bonds is 16. The first kappa shape index (κ1) is 44.8. The van der Waals surface area contributed by atoms with Crippen molar-refractivity contribution in [3.63, 3.8) is 0 Å². The van der Waals surface area contributed by atoms with E-state index in [1.165, 1.54) is 11.3 Å². The third kappa shape index (κ3) is 12.3. The highest BCUT2D eigenvalue weighted by Gasteiger charge is 2.44. The van der Waals surface area contributed by atoms with E-state index >= 15 is 0 Å². The van der Waals surface area contributed by atoms with Crippen LogP contribution >= 0.6 is 11.3 Å². The van der Waals surface area contributed by atoms with Crippen LogP contribution in [0.4, 0.5) is 9.59 Å². The molecule has 5 rings (SSSR count). The summed E-state index contributed by atoms with van der Waals surface area (Å²) in [6.45, 7) is 16.2. The molecule has 1 aliphatic heterocycles. The summed E-state index contributed by atoms with van der Waals surface area (Å²) in [4.78, 5) is 66.5. The number of aliphatic hydroxyl groups is 1. The van der Waals surface area contributed by atoms with Gasteiger partial charge in [0, 0.05) is 36.3 Å². The fourth-order valence-corrected chi connectivity index (χ4v) is 8.15. The molecule has 13 nitrogen and oxygen atoms in total. The van der Waals surface area contributed by atoms with Gasteiger partial charge in [0.15, 0.2) is 0 Å². The van der Waals surface area contributed by atoms with E-state index in [0.29, 0.717) is 26.1 Å². The summed E-state index contributed by atoms with van der Waals surface area (Å²) in [5.74, 6) is -0.921. The molecule has 1 saturated heterocycles. The summed E-state index contributed by atoms with van der Waals surface area (Å²) in [6, 6.07) is 17.6. The lowest BCUT2D eigenvalue weighted by Crippen LogP contribution is -2.59. The fourth-order valence-electron chi connectivity index (χ4n) is 7.55. The topological polar surface area (TPSA) is 177 Å². The highest BCUT2D eigenvalue weighted by atomic mass is 32.1. The zero-order chi connectivity index (χ0) is 43.1. The van der Waals surface area contributed by atoms with Gasteiger partial charge >= 0.3 is 12.1 Å². The Hall–Kier alpha value is -5.34. The molecule has 1 aliphatic rings. The maximum Gasteiger partial charge on any atom is 0.405 e. The van der Waals surface area contributed by atoms with E-state index in [0.717, 1.165) is 38.6 Å². The summed E-state index contributed by atoms with van der Waals surface area (Å²) in [5, 5.41) is 33.2. The van der Waals surface area contributed by atoms with Crippen molar-refractivity contribution in [2.45, 2.75) is 111 Å². The smallest absolute Gasteiger partial charge is 0.405 e. The fraction of sp³-hybridized carbons (Fsp3) is 0.467. The Labute approximate surface area is 351 Å². The van der Waals surface area contributed by atoms with Crippen LogP contribution in [0.25, 0.3) is 11.3 Å². The third-order valence-corrected chi connectivity index (χ3v) is 11.4. The van der Waals surface area contributed by atoms with Gasteiger partial charge in [-0.15, -0.1) is 11.3 Å². The largest absolute Gasteiger partial charge is 0.465 e. The van der Waals surface area contributed by atoms with Crippen LogP contribution in [0, 0.1) is 24.7 Å². The second-order valence-electron chi connectivity index (χ2n) is 17.7. The van der Waals surface area contributed by atoms with Crippen LogP contribution in [0.2, 0.25) is 0 Å². The van der Waals surface area contributed by atoms with Gasteiger partial charge in [-0.2, -0.15) is 0 Å². The van der Waals surface area contributed by atoms with Gasteiger partial charge in [-0.05, 0) is 66.7 Å². The molecule has 3 heterocycles. The summed E-state index contributed by atoms with van der Waals surface area (Å²) >= 11 is 1.53. The zero-order valence-electron chi connectivity index (χ0n) is 35.4. The number of thiazole rings is 1. The molecular weight excluding hydrogens is 767 g/mol. The van der Waals surface area contributed by atoms with E-state index in [2.05, 4.69) is 25.9 Å². The predicted octanol–water partition coefficient (Wildman–Crippen LogP) is 6.36. The number of carbonyl (C=O) groups excluding carboxylic acids is 3. The predicted molar refractivity (Wildman–Crippen MR) is 230 cm³/mol. The number of nitrogens with one attached hydrogen (secondary N) is 3. The molecule has 59 heavy (non-hydrogen) atoms. The summed E-state index contributed by atoms with van der Waals surface area (Å²) < 4.78 is 0. The molecule has 0 unspecified atom stereocenters. The lowest BCUT2D eigenvalue weighted by atomic mass is 9.84. The van der Waals surface area contributed by atoms with Crippen LogP contribution in [0.3, 0.4) is 0 Å². The van der Waals surface area contributed by atoms with Crippen LogP contribution in [0.5, 0.6) is 0 Å². The van der Waals surface area contributed by atoms with Crippen LogP contribution < -0.4 is 16.0 Å². The van der Waals surface area contributed by atoms with Crippen molar-refractivity contribution in [2.24, 2.45) is 10.8 Å². The molecule has 2 aromatic carbocycles. The van der Waals surface area contributed by atoms with Crippen LogP contribution in [0.1, 0.15) is 75.4 Å². The second kappa shape index (κ2) is 19.2. The molecule has 14 heteroatoms. The normalized spacial score (nSPS) is 15.9. The number of hydrogen-bond acceptors (Lipinski definition) is 8. The summed E-state index contributed by atoms with van der Waals surface area (Å²) in [6.07, 6.45) is -0.0909. The van der Waals surface area contributed by atoms with Gasteiger partial charge < -0.3 is 36.0 Å². The van der Waals surface area contributed by atoms with Crippen LogP contribution in [-0.4, -0.2) is 97.3 Å². The van der Waals surface area contributed by atoms with E-state index < -0.39 is 53.1 Å². The number of aliphatic hydroxyl groups excluding tert-OH is 1. The summed E-state index contributed by atoms with van der Waals surface area (Å²) in [5.41, 5.74) is 3.91. The average Bonchev–Trinajstić information content (AvgIpc) is 3.73. The zero-order valence-corrected chi connectivity index (χ0v) is 36.2. The van der Waals surface area contributed by atoms with Crippen molar-refractivity contribution < 1.29 is 29.4 Å². The summed E-state index contributed by atoms with van der Waals surface area (Å²) in [7, 11) is 0. The minimum absolute atomic E-state index is 0.0452. The Bertz CT molecular complexity index is 2040. The van der Waals surface area contributed by atoms with E-state index in [4.69, 9.17) is 0 Å². The third-order valence-electron chi connectivity index (χ3n) is 10.5. The van der Waals surface area contributed by atoms with Gasteiger partial charge in [-0.25, -0.2) is 14.6 Å². The van der Waals surface area contributed by atoms with Crippen molar-refractivity contribution in [3.8, 4) is 11.3 Å².